The van der Waals surface area contributed by atoms with Crippen molar-refractivity contribution < 1.29 is 17.9 Å². The third-order valence-electron chi connectivity index (χ3n) is 6.31. The monoisotopic (exact) mass is 489 g/mol. The molecule has 0 aliphatic carbocycles. The number of para-hydroxylation sites is 1. The molecule has 1 atom stereocenters. The van der Waals surface area contributed by atoms with Gasteiger partial charge in [-0.3, -0.25) is 4.79 Å². The second-order valence-electron chi connectivity index (χ2n) is 8.81. The fourth-order valence-corrected chi connectivity index (χ4v) is 5.77. The second kappa shape index (κ2) is 9.92. The van der Waals surface area contributed by atoms with Crippen molar-refractivity contribution in [3.8, 4) is 5.75 Å². The van der Waals surface area contributed by atoms with Crippen LogP contribution in [-0.2, 0) is 28.0 Å². The first-order chi connectivity index (χ1) is 17.0. The van der Waals surface area contributed by atoms with Crippen molar-refractivity contribution in [3.63, 3.8) is 0 Å². The Labute approximate surface area is 205 Å². The summed E-state index contributed by atoms with van der Waals surface area (Å²) < 4.78 is 34.7. The quantitative estimate of drug-likeness (QED) is 0.570. The van der Waals surface area contributed by atoms with E-state index in [4.69, 9.17) is 4.74 Å². The average molecular weight is 490 g/mol. The number of fused-ring (bicyclic) bond motifs is 1. The smallest absolute Gasteiger partial charge is 0.285 e. The fourth-order valence-electron chi connectivity index (χ4n) is 4.55. The summed E-state index contributed by atoms with van der Waals surface area (Å²) in [6, 6.07) is 24.5. The second-order valence-corrected chi connectivity index (χ2v) is 10.4. The third-order valence-corrected chi connectivity index (χ3v) is 7.64. The Kier molecular flexibility index (Phi) is 6.55. The van der Waals surface area contributed by atoms with Gasteiger partial charge < -0.3 is 15.0 Å². The summed E-state index contributed by atoms with van der Waals surface area (Å²) in [6.45, 7) is 2.00. The van der Waals surface area contributed by atoms with E-state index in [-0.39, 0.29) is 16.7 Å². The molecule has 1 N–H and O–H groups in total. The molecule has 3 aromatic rings. The van der Waals surface area contributed by atoms with E-state index in [1.807, 2.05) is 65.6 Å². The van der Waals surface area contributed by atoms with Crippen molar-refractivity contribution in [1.82, 2.24) is 10.2 Å². The molecule has 1 amide bonds. The minimum Gasteiger partial charge on any atom is -0.489 e. The first-order valence-corrected chi connectivity index (χ1v) is 13.2. The number of hydrogen-bond donors (Lipinski definition) is 1. The molecule has 35 heavy (non-hydrogen) atoms. The van der Waals surface area contributed by atoms with Crippen LogP contribution >= 0.6 is 0 Å². The van der Waals surface area contributed by atoms with Crippen LogP contribution in [0.5, 0.6) is 5.75 Å². The molecule has 3 aromatic carbocycles. The molecule has 1 unspecified atom stereocenters. The largest absolute Gasteiger partial charge is 0.489 e. The van der Waals surface area contributed by atoms with Gasteiger partial charge in [0.2, 0.25) is 5.91 Å². The first-order valence-electron chi connectivity index (χ1n) is 11.7. The molecule has 8 heteroatoms. The van der Waals surface area contributed by atoms with E-state index in [0.717, 1.165) is 29.7 Å². The summed E-state index contributed by atoms with van der Waals surface area (Å²) in [5.74, 6) is 1.00. The van der Waals surface area contributed by atoms with Crippen molar-refractivity contribution in [3.05, 3.63) is 95.6 Å². The summed E-state index contributed by atoms with van der Waals surface area (Å²) in [5.41, 5.74) is 2.65. The zero-order valence-corrected chi connectivity index (χ0v) is 20.1. The van der Waals surface area contributed by atoms with E-state index in [0.29, 0.717) is 37.6 Å². The Balaban J connectivity index is 1.19. The summed E-state index contributed by atoms with van der Waals surface area (Å²) in [5, 5.41) is 3.05. The van der Waals surface area contributed by atoms with Crippen LogP contribution in [0.25, 0.3) is 0 Å². The fraction of sp³-hybridized carbons (Fsp3) is 0.259. The van der Waals surface area contributed by atoms with Crippen LogP contribution < -0.4 is 10.1 Å². The van der Waals surface area contributed by atoms with E-state index >= 15 is 0 Å². The molecule has 0 saturated carbocycles. The zero-order chi connectivity index (χ0) is 24.3. The van der Waals surface area contributed by atoms with Crippen molar-refractivity contribution in [2.45, 2.75) is 30.9 Å². The number of carbonyl (C=O) groups is 1. The Bertz CT molecular complexity index is 1360. The van der Waals surface area contributed by atoms with E-state index in [1.165, 1.54) is 0 Å². The number of sulfonamides is 1. The Morgan fingerprint density at radius 1 is 1.00 bits per heavy atom. The van der Waals surface area contributed by atoms with Gasteiger partial charge in [0, 0.05) is 25.2 Å². The van der Waals surface area contributed by atoms with Gasteiger partial charge in [-0.2, -0.15) is 8.42 Å². The van der Waals surface area contributed by atoms with Crippen molar-refractivity contribution >= 4 is 21.8 Å². The van der Waals surface area contributed by atoms with Gasteiger partial charge in [0.25, 0.3) is 10.0 Å². The molecule has 0 spiro atoms. The number of nitrogens with zero attached hydrogens (tertiary/aromatic N) is 2. The maximum atomic E-state index is 13.0. The highest BCUT2D eigenvalue weighted by molar-refractivity contribution is 7.90. The summed E-state index contributed by atoms with van der Waals surface area (Å²) in [4.78, 5) is 15.1. The number of benzene rings is 3. The van der Waals surface area contributed by atoms with Gasteiger partial charge in [-0.15, -0.1) is 4.40 Å². The molecule has 5 rings (SSSR count). The molecule has 2 heterocycles. The van der Waals surface area contributed by atoms with E-state index in [2.05, 4.69) is 9.71 Å². The summed E-state index contributed by atoms with van der Waals surface area (Å²) in [6.07, 6.45) is 1.56. The minimum atomic E-state index is -3.68. The highest BCUT2D eigenvalue weighted by Gasteiger charge is 2.35. The van der Waals surface area contributed by atoms with Gasteiger partial charge in [0.1, 0.15) is 17.3 Å². The third kappa shape index (κ3) is 5.22. The maximum Gasteiger partial charge on any atom is 0.285 e. The van der Waals surface area contributed by atoms with Crippen LogP contribution in [0.2, 0.25) is 0 Å². The highest BCUT2D eigenvalue weighted by Crippen LogP contribution is 2.29. The number of piperidine rings is 1. The minimum absolute atomic E-state index is 0.0321. The first kappa shape index (κ1) is 23.1. The molecule has 1 saturated heterocycles. The lowest BCUT2D eigenvalue weighted by Crippen LogP contribution is -2.45. The van der Waals surface area contributed by atoms with Crippen LogP contribution in [0, 0.1) is 5.92 Å². The van der Waals surface area contributed by atoms with Gasteiger partial charge >= 0.3 is 0 Å². The number of ether oxygens (including phenoxy) is 1. The molecule has 1 fully saturated rings. The van der Waals surface area contributed by atoms with Crippen molar-refractivity contribution in [2.24, 2.45) is 10.3 Å². The van der Waals surface area contributed by atoms with Crippen molar-refractivity contribution in [2.75, 3.05) is 13.1 Å². The van der Waals surface area contributed by atoms with E-state index in [1.54, 1.807) is 18.2 Å². The van der Waals surface area contributed by atoms with Crippen LogP contribution in [0.4, 0.5) is 0 Å². The molecule has 0 bridgehead atoms. The number of amides is 1. The number of amidine groups is 1. The zero-order valence-electron chi connectivity index (χ0n) is 19.3. The number of hydrogen-bond acceptors (Lipinski definition) is 5. The van der Waals surface area contributed by atoms with Gasteiger partial charge in [0.05, 0.1) is 5.92 Å². The molecule has 2 aliphatic heterocycles. The van der Waals surface area contributed by atoms with Gasteiger partial charge in [-0.05, 0) is 48.2 Å². The Hall–Kier alpha value is -3.65. The molecular formula is C27H27N3O4S. The standard InChI is InChI=1S/C27H27N3O4S/c31-27(28-17-20-8-6-9-21(16-20)19-34-23-11-2-1-3-12-23)22-10-7-15-30(18-22)26-24-13-4-5-14-25(24)35(32,33)29-26/h1-6,8-9,11-14,16,22H,7,10,15,17-19H2,(H,28,31). The van der Waals surface area contributed by atoms with Crippen molar-refractivity contribution in [1.29, 1.82) is 0 Å². The summed E-state index contributed by atoms with van der Waals surface area (Å²) >= 11 is 0. The van der Waals surface area contributed by atoms with E-state index < -0.39 is 10.0 Å². The topological polar surface area (TPSA) is 88.1 Å². The number of likely N-dealkylation sites (tertiary alicyclic amines) is 1. The number of rotatable bonds is 6. The van der Waals surface area contributed by atoms with Gasteiger partial charge in [0.15, 0.2) is 5.84 Å². The van der Waals surface area contributed by atoms with E-state index in [9.17, 15) is 13.2 Å². The number of nitrogens with one attached hydrogen (secondary N) is 1. The predicted octanol–water partition coefficient (Wildman–Crippen LogP) is 3.74. The molecule has 0 aromatic heterocycles. The van der Waals surface area contributed by atoms with Crippen LogP contribution in [-0.4, -0.2) is 38.2 Å². The van der Waals surface area contributed by atoms with Crippen LogP contribution in [0.15, 0.2) is 88.2 Å². The average Bonchev–Trinajstić information content (AvgIpc) is 3.18. The molecular weight excluding hydrogens is 462 g/mol. The van der Waals surface area contributed by atoms with Gasteiger partial charge in [-0.1, -0.05) is 54.6 Å². The molecule has 0 radical (unpaired) electrons. The predicted molar refractivity (Wildman–Crippen MR) is 134 cm³/mol. The maximum absolute atomic E-state index is 13.0. The lowest BCUT2D eigenvalue weighted by Gasteiger charge is -2.33. The highest BCUT2D eigenvalue weighted by atomic mass is 32.2. The SMILES string of the molecule is O=C(NCc1cccc(COc2ccccc2)c1)C1CCCN(C2=NS(=O)(=O)c3ccccc32)C1. The van der Waals surface area contributed by atoms with Crippen LogP contribution in [0.3, 0.4) is 0 Å². The lowest BCUT2D eigenvalue weighted by molar-refractivity contribution is -0.126. The molecule has 180 valence electrons. The Morgan fingerprint density at radius 3 is 2.63 bits per heavy atom. The lowest BCUT2D eigenvalue weighted by atomic mass is 9.96. The van der Waals surface area contributed by atoms with Gasteiger partial charge in [-0.25, -0.2) is 0 Å². The summed E-state index contributed by atoms with van der Waals surface area (Å²) in [7, 11) is -3.68. The molecule has 7 nitrogen and oxygen atoms in total. The van der Waals surface area contributed by atoms with Crippen LogP contribution in [0.1, 0.15) is 29.5 Å². The Morgan fingerprint density at radius 2 is 1.77 bits per heavy atom. The normalized spacial score (nSPS) is 18.5. The molecule has 2 aliphatic rings. The number of carbonyl (C=O) groups excluding carboxylic acids is 1.